The molecule has 1 atom stereocenters. The van der Waals surface area contributed by atoms with E-state index in [1.54, 1.807) is 6.33 Å². The Morgan fingerprint density at radius 2 is 1.90 bits per heavy atom. The first-order valence-corrected chi connectivity index (χ1v) is 14.5. The average Bonchev–Trinajstić information content (AvgIpc) is 3.44. The van der Waals surface area contributed by atoms with Crippen molar-refractivity contribution in [1.29, 1.82) is 0 Å². The third-order valence-corrected chi connectivity index (χ3v) is 7.79. The van der Waals surface area contributed by atoms with Gasteiger partial charge in [-0.1, -0.05) is 19.1 Å². The standard InChI is InChI=1S/C29H40N6O3.C2H4/c1-2-4-23(5-3-11-33-15-17-38-18-16-33)32-29(37)34-12-8-22(9-13-34)28-26-7-6-24(19-27(26)30-21-31-28)35-14-10-25(36)20-35;1-2/h3-7,19,21-22,25,36H,2,8-18,20H2,1H3,(H,32,37);1-2H2/b5-3-,23-4+;. The Labute approximate surface area is 238 Å². The first-order valence-electron chi connectivity index (χ1n) is 14.5. The highest BCUT2D eigenvalue weighted by atomic mass is 16.5. The van der Waals surface area contributed by atoms with Crippen molar-refractivity contribution < 1.29 is 14.6 Å². The minimum absolute atomic E-state index is 0.0378. The third-order valence-electron chi connectivity index (χ3n) is 7.79. The van der Waals surface area contributed by atoms with Gasteiger partial charge in [0, 0.05) is 68.5 Å². The fourth-order valence-corrected chi connectivity index (χ4v) is 5.62. The number of hydrogen-bond acceptors (Lipinski definition) is 7. The Balaban J connectivity index is 0.00000181. The zero-order chi connectivity index (χ0) is 28.3. The maximum atomic E-state index is 13.1. The molecule has 0 radical (unpaired) electrons. The molecule has 0 bridgehead atoms. The van der Waals surface area contributed by atoms with Gasteiger partial charge in [-0.15, -0.1) is 13.2 Å². The van der Waals surface area contributed by atoms with E-state index in [2.05, 4.69) is 75.5 Å². The number of hydrogen-bond donors (Lipinski definition) is 2. The van der Waals surface area contributed by atoms with Crippen molar-refractivity contribution in [3.8, 4) is 0 Å². The zero-order valence-electron chi connectivity index (χ0n) is 23.8. The van der Waals surface area contributed by atoms with Crippen LogP contribution in [0.3, 0.4) is 0 Å². The number of amides is 2. The number of β-amino-alcohol motifs (C(OH)–C–C–N with tert-alkyl or cyclic N) is 1. The number of likely N-dealkylation sites (tertiary alicyclic amines) is 1. The zero-order valence-corrected chi connectivity index (χ0v) is 23.8. The predicted molar refractivity (Wildman–Crippen MR) is 160 cm³/mol. The van der Waals surface area contributed by atoms with Crippen molar-refractivity contribution in [2.45, 2.75) is 44.6 Å². The highest BCUT2D eigenvalue weighted by molar-refractivity contribution is 5.85. The van der Waals surface area contributed by atoms with Gasteiger partial charge in [0.25, 0.3) is 0 Å². The minimum atomic E-state index is -0.256. The maximum absolute atomic E-state index is 13.1. The van der Waals surface area contributed by atoms with Gasteiger partial charge in [-0.05, 0) is 50.0 Å². The number of aromatic nitrogens is 2. The predicted octanol–water partition coefficient (Wildman–Crippen LogP) is 4.07. The summed E-state index contributed by atoms with van der Waals surface area (Å²) in [6, 6.07) is 6.30. The van der Waals surface area contributed by atoms with E-state index >= 15 is 0 Å². The van der Waals surface area contributed by atoms with Crippen molar-refractivity contribution >= 4 is 22.6 Å². The topological polar surface area (TPSA) is 94.1 Å². The molecule has 216 valence electrons. The second-order valence-electron chi connectivity index (χ2n) is 10.4. The number of allylic oxidation sites excluding steroid dienone is 2. The molecule has 3 aliphatic rings. The van der Waals surface area contributed by atoms with Crippen LogP contribution in [0, 0.1) is 0 Å². The van der Waals surface area contributed by atoms with Gasteiger partial charge in [0.1, 0.15) is 6.33 Å². The minimum Gasteiger partial charge on any atom is -0.391 e. The van der Waals surface area contributed by atoms with E-state index in [-0.39, 0.29) is 12.1 Å². The van der Waals surface area contributed by atoms with Crippen LogP contribution in [0.1, 0.15) is 44.2 Å². The Bertz CT molecular complexity index is 1170. The number of nitrogens with zero attached hydrogens (tertiary/aromatic N) is 5. The SMILES string of the molecule is C=C.CC/C=C(\C=C/CN1CCOCC1)NC(=O)N1CCC(c2ncnc3cc(N4CCC(O)C4)ccc23)CC1. The third kappa shape index (κ3) is 7.68. The Kier molecular flexibility index (Phi) is 11.1. The van der Waals surface area contributed by atoms with Crippen LogP contribution in [0.15, 0.2) is 61.6 Å². The molecule has 0 aliphatic carbocycles. The number of fused-ring (bicyclic) bond motifs is 1. The van der Waals surface area contributed by atoms with Crippen molar-refractivity contribution in [2.75, 3.05) is 63.9 Å². The average molecular weight is 549 g/mol. The largest absolute Gasteiger partial charge is 0.391 e. The summed E-state index contributed by atoms with van der Waals surface area (Å²) in [6.07, 6.45) is 11.0. The Morgan fingerprint density at radius 3 is 2.60 bits per heavy atom. The summed E-state index contributed by atoms with van der Waals surface area (Å²) in [5, 5.41) is 14.1. The molecule has 3 aliphatic heterocycles. The van der Waals surface area contributed by atoms with Crippen LogP contribution in [0.5, 0.6) is 0 Å². The monoisotopic (exact) mass is 548 g/mol. The van der Waals surface area contributed by atoms with Crippen molar-refractivity contribution in [2.24, 2.45) is 0 Å². The molecule has 9 heteroatoms. The quantitative estimate of drug-likeness (QED) is 0.398. The number of rotatable bonds is 7. The Morgan fingerprint density at radius 1 is 1.12 bits per heavy atom. The molecule has 3 saturated heterocycles. The van der Waals surface area contributed by atoms with Crippen LogP contribution >= 0.6 is 0 Å². The summed E-state index contributed by atoms with van der Waals surface area (Å²) in [5.41, 5.74) is 3.96. The molecule has 2 N–H and O–H groups in total. The van der Waals surface area contributed by atoms with Crippen LogP contribution in [0.2, 0.25) is 0 Å². The molecule has 40 heavy (non-hydrogen) atoms. The number of carbonyl (C=O) groups excluding carboxylic acids is 1. The second kappa shape index (κ2) is 14.9. The van der Waals surface area contributed by atoms with Gasteiger partial charge in [0.2, 0.25) is 0 Å². The molecule has 5 rings (SSSR count). The number of aliphatic hydroxyl groups excluding tert-OH is 1. The molecule has 0 saturated carbocycles. The lowest BCUT2D eigenvalue weighted by molar-refractivity contribution is 0.0434. The van der Waals surface area contributed by atoms with Gasteiger partial charge in [-0.3, -0.25) is 4.90 Å². The van der Waals surface area contributed by atoms with Crippen LogP contribution in [-0.2, 0) is 4.74 Å². The van der Waals surface area contributed by atoms with E-state index < -0.39 is 0 Å². The van der Waals surface area contributed by atoms with E-state index in [4.69, 9.17) is 4.74 Å². The van der Waals surface area contributed by atoms with Gasteiger partial charge >= 0.3 is 6.03 Å². The second-order valence-corrected chi connectivity index (χ2v) is 10.4. The van der Waals surface area contributed by atoms with Gasteiger partial charge < -0.3 is 25.0 Å². The summed E-state index contributed by atoms with van der Waals surface area (Å²) < 4.78 is 5.41. The molecule has 9 nitrogen and oxygen atoms in total. The highest BCUT2D eigenvalue weighted by Gasteiger charge is 2.27. The van der Waals surface area contributed by atoms with E-state index in [1.165, 1.54) is 0 Å². The summed E-state index contributed by atoms with van der Waals surface area (Å²) in [5.74, 6) is 0.295. The molecule has 4 heterocycles. The summed E-state index contributed by atoms with van der Waals surface area (Å²) in [4.78, 5) is 28.7. The summed E-state index contributed by atoms with van der Waals surface area (Å²) in [6.45, 7) is 15.3. The smallest absolute Gasteiger partial charge is 0.321 e. The number of benzene rings is 1. The molecule has 0 spiro atoms. The van der Waals surface area contributed by atoms with Crippen molar-refractivity contribution in [3.63, 3.8) is 0 Å². The fraction of sp³-hybridized carbons (Fsp3) is 0.516. The highest BCUT2D eigenvalue weighted by Crippen LogP contribution is 2.33. The Hall–Kier alpha value is -3.27. The number of carbonyl (C=O) groups is 1. The van der Waals surface area contributed by atoms with Crippen LogP contribution in [0.25, 0.3) is 10.9 Å². The summed E-state index contributed by atoms with van der Waals surface area (Å²) >= 11 is 0. The van der Waals surface area contributed by atoms with Crippen LogP contribution in [-0.4, -0.2) is 96.0 Å². The lowest BCUT2D eigenvalue weighted by Crippen LogP contribution is -2.43. The molecule has 2 aromatic rings. The van der Waals surface area contributed by atoms with Crippen LogP contribution < -0.4 is 10.2 Å². The molecule has 3 fully saturated rings. The van der Waals surface area contributed by atoms with Crippen molar-refractivity contribution in [1.82, 2.24) is 25.1 Å². The molecular formula is C31H44N6O3. The van der Waals surface area contributed by atoms with Crippen molar-refractivity contribution in [3.05, 3.63) is 67.3 Å². The van der Waals surface area contributed by atoms with Gasteiger partial charge in [0.05, 0.1) is 30.5 Å². The number of nitrogens with one attached hydrogen (secondary N) is 1. The fourth-order valence-electron chi connectivity index (χ4n) is 5.62. The first kappa shape index (κ1) is 29.7. The molecule has 1 aromatic heterocycles. The number of ether oxygens (including phenoxy) is 1. The van der Waals surface area contributed by atoms with E-state index in [1.807, 2.05) is 11.0 Å². The summed E-state index contributed by atoms with van der Waals surface area (Å²) in [7, 11) is 0. The molecule has 1 aromatic carbocycles. The number of piperidine rings is 1. The van der Waals surface area contributed by atoms with Crippen LogP contribution in [0.4, 0.5) is 10.5 Å². The first-order chi connectivity index (χ1) is 19.6. The lowest BCUT2D eigenvalue weighted by Gasteiger charge is -2.32. The van der Waals surface area contributed by atoms with Gasteiger partial charge in [0.15, 0.2) is 0 Å². The van der Waals surface area contributed by atoms with E-state index in [0.717, 1.165) is 93.1 Å². The van der Waals surface area contributed by atoms with Gasteiger partial charge in [-0.25, -0.2) is 14.8 Å². The molecule has 1 unspecified atom stereocenters. The maximum Gasteiger partial charge on any atom is 0.321 e. The molecule has 2 amide bonds. The van der Waals surface area contributed by atoms with Gasteiger partial charge in [-0.2, -0.15) is 0 Å². The number of morpholine rings is 1. The van der Waals surface area contributed by atoms with E-state index in [9.17, 15) is 9.90 Å². The number of urea groups is 1. The normalized spacial score (nSPS) is 21.1. The van der Waals surface area contributed by atoms with E-state index in [0.29, 0.717) is 25.6 Å². The number of aliphatic hydroxyl groups is 1. The lowest BCUT2D eigenvalue weighted by atomic mass is 9.91. The molecular weight excluding hydrogens is 504 g/mol. The number of anilines is 1.